The van der Waals surface area contributed by atoms with Gasteiger partial charge in [-0.25, -0.2) is 0 Å². The van der Waals surface area contributed by atoms with Crippen LogP contribution in [0.4, 0.5) is 0 Å². The number of hydrogen-bond acceptors (Lipinski definition) is 3. The van der Waals surface area contributed by atoms with Crippen LogP contribution in [0.1, 0.15) is 27.2 Å². The second-order valence-electron chi connectivity index (χ2n) is 5.04. The first-order chi connectivity index (χ1) is 7.90. The van der Waals surface area contributed by atoms with E-state index in [0.717, 1.165) is 26.1 Å². The van der Waals surface area contributed by atoms with Crippen molar-refractivity contribution in [1.29, 1.82) is 0 Å². The van der Waals surface area contributed by atoms with Crippen molar-refractivity contribution in [3.05, 3.63) is 0 Å². The summed E-state index contributed by atoms with van der Waals surface area (Å²) in [6.07, 6.45) is 0.975. The van der Waals surface area contributed by atoms with Gasteiger partial charge in [-0.15, -0.1) is 0 Å². The highest BCUT2D eigenvalue weighted by molar-refractivity contribution is 5.73. The van der Waals surface area contributed by atoms with Crippen LogP contribution in [0.3, 0.4) is 0 Å². The smallest absolute Gasteiger partial charge is 0.317 e. The largest absolute Gasteiger partial charge is 0.480 e. The van der Waals surface area contributed by atoms with Gasteiger partial charge in [-0.1, -0.05) is 0 Å². The van der Waals surface area contributed by atoms with E-state index >= 15 is 0 Å². The number of nitrogens with zero attached hydrogens (tertiary/aromatic N) is 2. The Labute approximate surface area is 102 Å². The highest BCUT2D eigenvalue weighted by atomic mass is 16.4. The van der Waals surface area contributed by atoms with Crippen LogP contribution in [0.5, 0.6) is 0 Å². The van der Waals surface area contributed by atoms with E-state index in [-0.39, 0.29) is 18.5 Å². The third-order valence-electron chi connectivity index (χ3n) is 3.29. The van der Waals surface area contributed by atoms with Crippen molar-refractivity contribution < 1.29 is 14.7 Å². The van der Waals surface area contributed by atoms with Gasteiger partial charge < -0.3 is 10.0 Å². The first-order valence-electron chi connectivity index (χ1n) is 6.11. The van der Waals surface area contributed by atoms with Crippen molar-refractivity contribution in [1.82, 2.24) is 9.80 Å². The molecule has 1 N–H and O–H groups in total. The van der Waals surface area contributed by atoms with Gasteiger partial charge in [0.1, 0.15) is 0 Å². The van der Waals surface area contributed by atoms with Crippen molar-refractivity contribution >= 4 is 11.9 Å². The van der Waals surface area contributed by atoms with Crippen LogP contribution < -0.4 is 0 Å². The first-order valence-corrected chi connectivity index (χ1v) is 6.11. The second kappa shape index (κ2) is 6.00. The van der Waals surface area contributed by atoms with E-state index in [0.29, 0.717) is 5.92 Å². The molecule has 0 spiro atoms. The molecule has 0 radical (unpaired) electrons. The van der Waals surface area contributed by atoms with E-state index in [1.54, 1.807) is 6.92 Å². The third kappa shape index (κ3) is 4.34. The fourth-order valence-corrected chi connectivity index (χ4v) is 2.23. The van der Waals surface area contributed by atoms with Gasteiger partial charge >= 0.3 is 5.97 Å². The molecule has 5 heteroatoms. The molecule has 1 saturated heterocycles. The van der Waals surface area contributed by atoms with Crippen molar-refractivity contribution in [2.75, 3.05) is 26.2 Å². The Kier molecular flexibility index (Phi) is 4.93. The van der Waals surface area contributed by atoms with Gasteiger partial charge in [-0.2, -0.15) is 0 Å². The lowest BCUT2D eigenvalue weighted by atomic mass is 10.1. The molecule has 98 valence electrons. The summed E-state index contributed by atoms with van der Waals surface area (Å²) in [7, 11) is 0. The zero-order chi connectivity index (χ0) is 13.0. The van der Waals surface area contributed by atoms with Crippen molar-refractivity contribution in [2.45, 2.75) is 33.2 Å². The van der Waals surface area contributed by atoms with E-state index in [2.05, 4.69) is 0 Å². The lowest BCUT2D eigenvalue weighted by Gasteiger charge is -2.27. The van der Waals surface area contributed by atoms with Crippen LogP contribution in [0.25, 0.3) is 0 Å². The minimum Gasteiger partial charge on any atom is -0.480 e. The zero-order valence-electron chi connectivity index (χ0n) is 10.8. The standard InChI is InChI=1S/C12H22N2O3/c1-9(2)14(8-12(16)17)7-11-4-5-13(6-11)10(3)15/h9,11H,4-8H2,1-3H3,(H,16,17)/t11-/m1/s1. The summed E-state index contributed by atoms with van der Waals surface area (Å²) in [5.74, 6) is -0.275. The summed E-state index contributed by atoms with van der Waals surface area (Å²) in [4.78, 5) is 25.8. The average molecular weight is 242 g/mol. The third-order valence-corrected chi connectivity index (χ3v) is 3.29. The lowest BCUT2D eigenvalue weighted by Crippen LogP contribution is -2.40. The maximum Gasteiger partial charge on any atom is 0.317 e. The number of rotatable bonds is 5. The topological polar surface area (TPSA) is 60.9 Å². The number of amides is 1. The molecule has 0 aromatic rings. The molecule has 0 aromatic heterocycles. The second-order valence-corrected chi connectivity index (χ2v) is 5.04. The van der Waals surface area contributed by atoms with Crippen molar-refractivity contribution in [3.8, 4) is 0 Å². The highest BCUT2D eigenvalue weighted by Crippen LogP contribution is 2.18. The molecule has 0 unspecified atom stereocenters. The number of aliphatic carboxylic acids is 1. The van der Waals surface area contributed by atoms with Crippen LogP contribution in [0, 0.1) is 5.92 Å². The minimum absolute atomic E-state index is 0.0776. The van der Waals surface area contributed by atoms with Crippen LogP contribution in [-0.4, -0.2) is 59.0 Å². The molecule has 1 aliphatic rings. The number of carbonyl (C=O) groups excluding carboxylic acids is 1. The monoisotopic (exact) mass is 242 g/mol. The van der Waals surface area contributed by atoms with Gasteiger partial charge in [0, 0.05) is 32.6 Å². The summed E-state index contributed by atoms with van der Waals surface area (Å²) >= 11 is 0. The Morgan fingerprint density at radius 2 is 2.12 bits per heavy atom. The normalized spacial score (nSPS) is 20.3. The molecule has 1 amide bonds. The molecule has 17 heavy (non-hydrogen) atoms. The Hall–Kier alpha value is -1.10. The molecule has 0 saturated carbocycles. The highest BCUT2D eigenvalue weighted by Gasteiger charge is 2.27. The van der Waals surface area contributed by atoms with Crippen LogP contribution >= 0.6 is 0 Å². The van der Waals surface area contributed by atoms with Gasteiger partial charge in [-0.05, 0) is 26.2 Å². The molecule has 5 nitrogen and oxygen atoms in total. The molecule has 0 aliphatic carbocycles. The van der Waals surface area contributed by atoms with Gasteiger partial charge in [0.05, 0.1) is 6.54 Å². The van der Waals surface area contributed by atoms with E-state index < -0.39 is 5.97 Å². The maximum atomic E-state index is 11.2. The van der Waals surface area contributed by atoms with E-state index in [4.69, 9.17) is 5.11 Å². The van der Waals surface area contributed by atoms with Gasteiger partial charge in [0.2, 0.25) is 5.91 Å². The van der Waals surface area contributed by atoms with Crippen LogP contribution in [-0.2, 0) is 9.59 Å². The molecule has 1 aliphatic heterocycles. The molecular formula is C12H22N2O3. The molecule has 0 aromatic carbocycles. The summed E-state index contributed by atoms with van der Waals surface area (Å²) in [6, 6.07) is 0.220. The van der Waals surface area contributed by atoms with E-state index in [1.807, 2.05) is 23.6 Å². The van der Waals surface area contributed by atoms with E-state index in [1.165, 1.54) is 0 Å². The molecule has 1 rings (SSSR count). The fourth-order valence-electron chi connectivity index (χ4n) is 2.23. The van der Waals surface area contributed by atoms with Gasteiger partial charge in [0.25, 0.3) is 0 Å². The molecule has 0 bridgehead atoms. The summed E-state index contributed by atoms with van der Waals surface area (Å²) in [5, 5.41) is 8.84. The Morgan fingerprint density at radius 1 is 1.47 bits per heavy atom. The Morgan fingerprint density at radius 3 is 2.53 bits per heavy atom. The van der Waals surface area contributed by atoms with Crippen LogP contribution in [0.15, 0.2) is 0 Å². The van der Waals surface area contributed by atoms with Gasteiger partial charge in [-0.3, -0.25) is 14.5 Å². The summed E-state index contributed by atoms with van der Waals surface area (Å²) < 4.78 is 0. The Bertz CT molecular complexity index is 291. The quantitative estimate of drug-likeness (QED) is 0.769. The van der Waals surface area contributed by atoms with Crippen LogP contribution in [0.2, 0.25) is 0 Å². The predicted molar refractivity (Wildman–Crippen MR) is 64.7 cm³/mol. The zero-order valence-corrected chi connectivity index (χ0v) is 10.8. The fraction of sp³-hybridized carbons (Fsp3) is 0.833. The first kappa shape index (κ1) is 14.0. The molecule has 1 heterocycles. The number of carboxylic acid groups (broad SMARTS) is 1. The summed E-state index contributed by atoms with van der Waals surface area (Å²) in [6.45, 7) is 7.99. The minimum atomic E-state index is -0.792. The summed E-state index contributed by atoms with van der Waals surface area (Å²) in [5.41, 5.74) is 0. The predicted octanol–water partition coefficient (Wildman–Crippen LogP) is 0.650. The number of carboxylic acids is 1. The van der Waals surface area contributed by atoms with Crippen molar-refractivity contribution in [3.63, 3.8) is 0 Å². The van der Waals surface area contributed by atoms with Crippen molar-refractivity contribution in [2.24, 2.45) is 5.92 Å². The number of carbonyl (C=O) groups is 2. The number of likely N-dealkylation sites (tertiary alicyclic amines) is 1. The number of hydrogen-bond donors (Lipinski definition) is 1. The van der Waals surface area contributed by atoms with Gasteiger partial charge in [0.15, 0.2) is 0 Å². The molecule has 1 fully saturated rings. The maximum absolute atomic E-state index is 11.2. The molecular weight excluding hydrogens is 220 g/mol. The molecule has 1 atom stereocenters. The van der Waals surface area contributed by atoms with E-state index in [9.17, 15) is 9.59 Å². The SMILES string of the molecule is CC(=O)N1CC[C@@H](CN(CC(=O)O)C(C)C)C1. The lowest BCUT2D eigenvalue weighted by molar-refractivity contribution is -0.139. The average Bonchev–Trinajstić information content (AvgIpc) is 2.64. The Balaban J connectivity index is 2.46.